The van der Waals surface area contributed by atoms with Crippen molar-refractivity contribution in [3.63, 3.8) is 0 Å². The molecule has 0 aromatic heterocycles. The van der Waals surface area contributed by atoms with E-state index >= 15 is 0 Å². The Morgan fingerprint density at radius 1 is 1.27 bits per heavy atom. The quantitative estimate of drug-likeness (QED) is 0.626. The molecule has 0 saturated carbocycles. The molecule has 0 unspecified atom stereocenters. The Labute approximate surface area is 165 Å². The summed E-state index contributed by atoms with van der Waals surface area (Å²) in [6, 6.07) is 2.96. The lowest BCUT2D eigenvalue weighted by Crippen LogP contribution is -2.46. The number of rotatable bonds is 7. The number of esters is 1. The number of sulfonamides is 1. The van der Waals surface area contributed by atoms with Gasteiger partial charge in [0.2, 0.25) is 10.0 Å². The van der Waals surface area contributed by atoms with Crippen LogP contribution in [-0.2, 0) is 14.8 Å². The summed E-state index contributed by atoms with van der Waals surface area (Å²) >= 11 is 0. The van der Waals surface area contributed by atoms with Crippen molar-refractivity contribution < 1.29 is 22.3 Å². The van der Waals surface area contributed by atoms with Gasteiger partial charge in [-0.1, -0.05) is 0 Å². The van der Waals surface area contributed by atoms with Crippen LogP contribution in [0.15, 0.2) is 23.1 Å². The van der Waals surface area contributed by atoms with Crippen molar-refractivity contribution in [3.8, 4) is 0 Å². The Kier molecular flexibility index (Phi) is 11.2. The average Bonchev–Trinajstić information content (AvgIpc) is 2.55. The fraction of sp³-hybridized carbons (Fsp3) is 0.533. The second-order valence-corrected chi connectivity index (χ2v) is 7.15. The molecule has 1 aliphatic heterocycles. The molecule has 1 fully saturated rings. The van der Waals surface area contributed by atoms with Gasteiger partial charge in [-0.05, 0) is 25.1 Å². The molecule has 1 saturated heterocycles. The van der Waals surface area contributed by atoms with Crippen LogP contribution < -0.4 is 10.0 Å². The first-order valence-corrected chi connectivity index (χ1v) is 9.31. The van der Waals surface area contributed by atoms with Crippen molar-refractivity contribution in [2.45, 2.75) is 11.8 Å². The first-order chi connectivity index (χ1) is 11.4. The number of nitrogens with one attached hydrogen (secondary N) is 2. The van der Waals surface area contributed by atoms with Gasteiger partial charge in [0.1, 0.15) is 5.82 Å². The lowest BCUT2D eigenvalue weighted by molar-refractivity contribution is 0.0525. The highest BCUT2D eigenvalue weighted by molar-refractivity contribution is 7.89. The van der Waals surface area contributed by atoms with E-state index in [2.05, 4.69) is 14.9 Å². The van der Waals surface area contributed by atoms with E-state index in [9.17, 15) is 17.6 Å². The van der Waals surface area contributed by atoms with Gasteiger partial charge in [-0.25, -0.2) is 22.3 Å². The molecule has 0 bridgehead atoms. The Bertz CT molecular complexity index is 685. The average molecular weight is 432 g/mol. The number of ether oxygens (including phenoxy) is 1. The van der Waals surface area contributed by atoms with E-state index in [4.69, 9.17) is 4.74 Å². The van der Waals surface area contributed by atoms with E-state index in [1.807, 2.05) is 0 Å². The van der Waals surface area contributed by atoms with Gasteiger partial charge in [-0.3, -0.25) is 4.90 Å². The fourth-order valence-corrected chi connectivity index (χ4v) is 3.48. The minimum Gasteiger partial charge on any atom is -0.462 e. The smallest absolute Gasteiger partial charge is 0.338 e. The van der Waals surface area contributed by atoms with Gasteiger partial charge >= 0.3 is 5.97 Å². The Morgan fingerprint density at radius 2 is 1.92 bits per heavy atom. The van der Waals surface area contributed by atoms with Gasteiger partial charge < -0.3 is 10.1 Å². The summed E-state index contributed by atoms with van der Waals surface area (Å²) in [7, 11) is -3.89. The summed E-state index contributed by atoms with van der Waals surface area (Å²) in [5, 5.41) is 3.21. The summed E-state index contributed by atoms with van der Waals surface area (Å²) in [6.07, 6.45) is 0. The molecule has 2 N–H and O–H groups in total. The van der Waals surface area contributed by atoms with E-state index in [0.29, 0.717) is 6.54 Å². The first-order valence-electron chi connectivity index (χ1n) is 7.83. The summed E-state index contributed by atoms with van der Waals surface area (Å²) in [6.45, 7) is 5.99. The molecule has 1 aliphatic rings. The molecule has 0 amide bonds. The van der Waals surface area contributed by atoms with Crippen LogP contribution in [0.25, 0.3) is 0 Å². The first kappa shape index (κ1) is 25.0. The topological polar surface area (TPSA) is 87.7 Å². The summed E-state index contributed by atoms with van der Waals surface area (Å²) in [4.78, 5) is 13.5. The molecule has 0 atom stereocenters. The molecule has 7 nitrogen and oxygen atoms in total. The van der Waals surface area contributed by atoms with Crippen LogP contribution in [0.1, 0.15) is 17.3 Å². The number of nitrogens with zero attached hydrogens (tertiary/aromatic N) is 1. The predicted molar refractivity (Wildman–Crippen MR) is 101 cm³/mol. The number of halogens is 3. The monoisotopic (exact) mass is 431 g/mol. The highest BCUT2D eigenvalue weighted by Crippen LogP contribution is 2.15. The zero-order valence-electron chi connectivity index (χ0n) is 14.4. The van der Waals surface area contributed by atoms with E-state index in [0.717, 1.165) is 44.4 Å². The molecule has 1 aromatic carbocycles. The molecule has 150 valence electrons. The van der Waals surface area contributed by atoms with E-state index in [-0.39, 0.29) is 48.4 Å². The molecule has 0 spiro atoms. The van der Waals surface area contributed by atoms with Crippen molar-refractivity contribution in [2.24, 2.45) is 0 Å². The van der Waals surface area contributed by atoms with Gasteiger partial charge in [-0.2, -0.15) is 0 Å². The van der Waals surface area contributed by atoms with Crippen molar-refractivity contribution in [1.82, 2.24) is 14.9 Å². The van der Waals surface area contributed by atoms with E-state index < -0.39 is 21.8 Å². The van der Waals surface area contributed by atoms with Gasteiger partial charge in [0.25, 0.3) is 0 Å². The van der Waals surface area contributed by atoms with Crippen molar-refractivity contribution in [3.05, 3.63) is 29.6 Å². The SMILES string of the molecule is CCOC(=O)c1cc(F)cc(S(=O)(=O)NCCN2CCNCC2)c1.Cl.Cl. The number of benzene rings is 1. The van der Waals surface area contributed by atoms with Gasteiger partial charge in [-0.15, -0.1) is 24.8 Å². The number of hydrogen-bond donors (Lipinski definition) is 2. The van der Waals surface area contributed by atoms with Gasteiger partial charge in [0.15, 0.2) is 0 Å². The molecule has 0 aliphatic carbocycles. The van der Waals surface area contributed by atoms with Crippen LogP contribution in [0.3, 0.4) is 0 Å². The molecule has 0 radical (unpaired) electrons. The van der Waals surface area contributed by atoms with Crippen LogP contribution in [0.5, 0.6) is 0 Å². The standard InChI is InChI=1S/C15H22FN3O4S.2ClH/c1-2-23-15(20)12-9-13(16)11-14(10-12)24(21,22)18-5-8-19-6-3-17-4-7-19;;/h9-11,17-18H,2-8H2,1H3;2*1H. The Morgan fingerprint density at radius 3 is 2.54 bits per heavy atom. The Balaban J connectivity index is 0.00000312. The molecular weight excluding hydrogens is 408 g/mol. The lowest BCUT2D eigenvalue weighted by Gasteiger charge is -2.27. The largest absolute Gasteiger partial charge is 0.462 e. The normalized spacial score (nSPS) is 14.8. The van der Waals surface area contributed by atoms with E-state index in [1.165, 1.54) is 0 Å². The van der Waals surface area contributed by atoms with Crippen molar-refractivity contribution >= 4 is 40.8 Å². The lowest BCUT2D eigenvalue weighted by atomic mass is 10.2. The number of hydrogen-bond acceptors (Lipinski definition) is 6. The molecule has 1 aromatic rings. The third-order valence-corrected chi connectivity index (χ3v) is 5.06. The zero-order valence-corrected chi connectivity index (χ0v) is 16.8. The van der Waals surface area contributed by atoms with Gasteiger partial charge in [0.05, 0.1) is 17.1 Å². The highest BCUT2D eigenvalue weighted by Gasteiger charge is 2.19. The molecule has 2 rings (SSSR count). The maximum atomic E-state index is 13.7. The molecular formula is C15H24Cl2FN3O4S. The van der Waals surface area contributed by atoms with Gasteiger partial charge in [0, 0.05) is 39.3 Å². The minimum atomic E-state index is -3.89. The van der Waals surface area contributed by atoms with Crippen LogP contribution in [0, 0.1) is 5.82 Å². The number of carbonyl (C=O) groups is 1. The molecule has 26 heavy (non-hydrogen) atoms. The fourth-order valence-electron chi connectivity index (χ4n) is 2.41. The third kappa shape index (κ3) is 7.34. The summed E-state index contributed by atoms with van der Waals surface area (Å²) in [5.41, 5.74) is -0.126. The van der Waals surface area contributed by atoms with Crippen LogP contribution in [0.4, 0.5) is 4.39 Å². The predicted octanol–water partition coefficient (Wildman–Crippen LogP) is 1.03. The minimum absolute atomic E-state index is 0. The molecule has 11 heteroatoms. The zero-order chi connectivity index (χ0) is 17.6. The summed E-state index contributed by atoms with van der Waals surface area (Å²) in [5.74, 6) is -1.56. The van der Waals surface area contributed by atoms with Crippen molar-refractivity contribution in [2.75, 3.05) is 45.9 Å². The van der Waals surface area contributed by atoms with Crippen LogP contribution in [0.2, 0.25) is 0 Å². The maximum absolute atomic E-state index is 13.7. The van der Waals surface area contributed by atoms with Crippen LogP contribution >= 0.6 is 24.8 Å². The highest BCUT2D eigenvalue weighted by atomic mass is 35.5. The summed E-state index contributed by atoms with van der Waals surface area (Å²) < 4.78 is 45.5. The van der Waals surface area contributed by atoms with E-state index in [1.54, 1.807) is 6.92 Å². The third-order valence-electron chi connectivity index (χ3n) is 3.62. The number of piperazine rings is 1. The van der Waals surface area contributed by atoms with Crippen molar-refractivity contribution in [1.29, 1.82) is 0 Å². The molecule has 1 heterocycles. The van der Waals surface area contributed by atoms with Crippen LogP contribution in [-0.4, -0.2) is 65.2 Å². The number of carbonyl (C=O) groups excluding carboxylic acids is 1. The second kappa shape index (κ2) is 11.7. The second-order valence-electron chi connectivity index (χ2n) is 5.39. The maximum Gasteiger partial charge on any atom is 0.338 e. The Hall–Kier alpha value is -0.970.